The van der Waals surface area contributed by atoms with Crippen LogP contribution >= 0.6 is 0 Å². The number of pyridine rings is 1. The van der Waals surface area contributed by atoms with E-state index in [0.717, 1.165) is 30.0 Å². The number of hydrogen-bond donors (Lipinski definition) is 2. The number of ether oxygens (including phenoxy) is 1. The molecule has 22 heavy (non-hydrogen) atoms. The number of methoxy groups -OCH3 is 1. The quantitative estimate of drug-likeness (QED) is 0.766. The van der Waals surface area contributed by atoms with Gasteiger partial charge in [0.2, 0.25) is 0 Å². The maximum Gasteiger partial charge on any atom is 0.151 e. The predicted molar refractivity (Wildman–Crippen MR) is 88.4 cm³/mol. The SMILES string of the molecule is COCCCNc1cc(C)c(C#N)c(Nc2ccccc2)n1. The fourth-order valence-corrected chi connectivity index (χ4v) is 2.09. The van der Waals surface area contributed by atoms with Gasteiger partial charge in [0.05, 0.1) is 5.56 Å². The Morgan fingerprint density at radius 3 is 2.73 bits per heavy atom. The van der Waals surface area contributed by atoms with E-state index >= 15 is 0 Å². The van der Waals surface area contributed by atoms with Crippen LogP contribution in [0.1, 0.15) is 17.5 Å². The molecule has 1 aromatic heterocycles. The Labute approximate surface area is 131 Å². The Balaban J connectivity index is 2.19. The first kappa shape index (κ1) is 15.8. The minimum Gasteiger partial charge on any atom is -0.385 e. The van der Waals surface area contributed by atoms with Crippen LogP contribution in [-0.2, 0) is 4.74 Å². The van der Waals surface area contributed by atoms with Gasteiger partial charge >= 0.3 is 0 Å². The molecule has 1 heterocycles. The summed E-state index contributed by atoms with van der Waals surface area (Å²) in [6.07, 6.45) is 0.901. The number of hydrogen-bond acceptors (Lipinski definition) is 5. The van der Waals surface area contributed by atoms with Gasteiger partial charge in [-0.3, -0.25) is 0 Å². The number of nitrogens with one attached hydrogen (secondary N) is 2. The van der Waals surface area contributed by atoms with Crippen molar-refractivity contribution >= 4 is 17.3 Å². The molecule has 2 rings (SSSR count). The number of anilines is 3. The van der Waals surface area contributed by atoms with E-state index in [4.69, 9.17) is 4.74 Å². The van der Waals surface area contributed by atoms with E-state index in [1.54, 1.807) is 7.11 Å². The molecule has 0 radical (unpaired) electrons. The zero-order chi connectivity index (χ0) is 15.8. The summed E-state index contributed by atoms with van der Waals surface area (Å²) in [6.45, 7) is 3.39. The van der Waals surface area contributed by atoms with Crippen LogP contribution in [0.25, 0.3) is 0 Å². The number of para-hydroxylation sites is 1. The standard InChI is InChI=1S/C17H20N4O/c1-13-11-16(19-9-6-10-22-2)21-17(15(13)12-18)20-14-7-4-3-5-8-14/h3-5,7-8,11H,6,9-10H2,1-2H3,(H2,19,20,21). The highest BCUT2D eigenvalue weighted by Gasteiger charge is 2.10. The third kappa shape index (κ3) is 4.21. The van der Waals surface area contributed by atoms with Gasteiger partial charge in [0, 0.05) is 25.9 Å². The molecule has 5 nitrogen and oxygen atoms in total. The summed E-state index contributed by atoms with van der Waals surface area (Å²) in [6, 6.07) is 13.8. The summed E-state index contributed by atoms with van der Waals surface area (Å²) in [5, 5.41) is 15.8. The van der Waals surface area contributed by atoms with E-state index in [1.165, 1.54) is 0 Å². The molecule has 0 aliphatic carbocycles. The first-order valence-corrected chi connectivity index (χ1v) is 7.21. The third-order valence-electron chi connectivity index (χ3n) is 3.20. The Morgan fingerprint density at radius 1 is 1.27 bits per heavy atom. The van der Waals surface area contributed by atoms with E-state index in [1.807, 2.05) is 43.3 Å². The van der Waals surface area contributed by atoms with Gasteiger partial charge in [0.1, 0.15) is 11.9 Å². The average Bonchev–Trinajstić information content (AvgIpc) is 2.52. The van der Waals surface area contributed by atoms with Crippen molar-refractivity contribution in [1.82, 2.24) is 4.98 Å². The van der Waals surface area contributed by atoms with Crippen LogP contribution in [0.3, 0.4) is 0 Å². The summed E-state index contributed by atoms with van der Waals surface area (Å²) in [5.74, 6) is 1.33. The topological polar surface area (TPSA) is 70.0 Å². The second-order valence-corrected chi connectivity index (χ2v) is 4.92. The lowest BCUT2D eigenvalue weighted by Gasteiger charge is -2.13. The molecule has 2 aromatic rings. The van der Waals surface area contributed by atoms with E-state index < -0.39 is 0 Å². The molecule has 0 bridgehead atoms. The van der Waals surface area contributed by atoms with Crippen LogP contribution in [0, 0.1) is 18.3 Å². The Kier molecular flexibility index (Phi) is 5.75. The molecule has 1 aromatic carbocycles. The molecule has 0 aliphatic heterocycles. The van der Waals surface area contributed by atoms with Crippen molar-refractivity contribution in [3.8, 4) is 6.07 Å². The summed E-state index contributed by atoms with van der Waals surface area (Å²) in [4.78, 5) is 4.51. The van der Waals surface area contributed by atoms with Crippen molar-refractivity contribution in [2.24, 2.45) is 0 Å². The number of aryl methyl sites for hydroxylation is 1. The fraction of sp³-hybridized carbons (Fsp3) is 0.294. The predicted octanol–water partition coefficient (Wildman–Crippen LogP) is 3.45. The van der Waals surface area contributed by atoms with Gasteiger partial charge in [-0.15, -0.1) is 0 Å². The lowest BCUT2D eigenvalue weighted by Crippen LogP contribution is -2.08. The van der Waals surface area contributed by atoms with Gasteiger partial charge in [-0.25, -0.2) is 4.98 Å². The normalized spacial score (nSPS) is 10.0. The number of aromatic nitrogens is 1. The van der Waals surface area contributed by atoms with E-state index in [2.05, 4.69) is 21.7 Å². The lowest BCUT2D eigenvalue weighted by atomic mass is 10.1. The molecule has 0 unspecified atom stereocenters. The summed E-state index contributed by atoms with van der Waals surface area (Å²) < 4.78 is 5.03. The molecular weight excluding hydrogens is 276 g/mol. The smallest absolute Gasteiger partial charge is 0.151 e. The minimum atomic E-state index is 0.561. The second-order valence-electron chi connectivity index (χ2n) is 4.92. The van der Waals surface area contributed by atoms with Crippen molar-refractivity contribution in [2.45, 2.75) is 13.3 Å². The van der Waals surface area contributed by atoms with Gasteiger partial charge in [-0.2, -0.15) is 5.26 Å². The van der Waals surface area contributed by atoms with Gasteiger partial charge in [0.25, 0.3) is 0 Å². The van der Waals surface area contributed by atoms with Crippen molar-refractivity contribution in [2.75, 3.05) is 30.9 Å². The number of nitrogens with zero attached hydrogens (tertiary/aromatic N) is 2. The molecule has 0 spiro atoms. The minimum absolute atomic E-state index is 0.561. The molecule has 0 atom stereocenters. The molecule has 114 valence electrons. The summed E-state index contributed by atoms with van der Waals surface area (Å²) >= 11 is 0. The van der Waals surface area contributed by atoms with Crippen LogP contribution in [0.5, 0.6) is 0 Å². The second kappa shape index (κ2) is 8.01. The first-order chi connectivity index (χ1) is 10.7. The van der Waals surface area contributed by atoms with Crippen molar-refractivity contribution < 1.29 is 4.74 Å². The molecule has 0 fully saturated rings. The third-order valence-corrected chi connectivity index (χ3v) is 3.20. The zero-order valence-corrected chi connectivity index (χ0v) is 12.9. The molecule has 5 heteroatoms. The highest BCUT2D eigenvalue weighted by atomic mass is 16.5. The van der Waals surface area contributed by atoms with Crippen LogP contribution in [-0.4, -0.2) is 25.2 Å². The van der Waals surface area contributed by atoms with Gasteiger partial charge in [-0.05, 0) is 37.1 Å². The largest absolute Gasteiger partial charge is 0.385 e. The molecule has 0 saturated heterocycles. The van der Waals surface area contributed by atoms with Gasteiger partial charge < -0.3 is 15.4 Å². The molecule has 0 aliphatic rings. The zero-order valence-electron chi connectivity index (χ0n) is 12.9. The van der Waals surface area contributed by atoms with Crippen molar-refractivity contribution in [3.05, 3.63) is 47.5 Å². The number of benzene rings is 1. The van der Waals surface area contributed by atoms with E-state index in [9.17, 15) is 5.26 Å². The monoisotopic (exact) mass is 296 g/mol. The summed E-state index contributed by atoms with van der Waals surface area (Å²) in [5.41, 5.74) is 2.36. The molecule has 2 N–H and O–H groups in total. The Morgan fingerprint density at radius 2 is 2.05 bits per heavy atom. The van der Waals surface area contributed by atoms with Crippen molar-refractivity contribution in [3.63, 3.8) is 0 Å². The Bertz CT molecular complexity index is 650. The van der Waals surface area contributed by atoms with Crippen molar-refractivity contribution in [1.29, 1.82) is 5.26 Å². The van der Waals surface area contributed by atoms with E-state index in [0.29, 0.717) is 18.0 Å². The highest BCUT2D eigenvalue weighted by molar-refractivity contribution is 5.67. The number of nitriles is 1. The van der Waals surface area contributed by atoms with Crippen LogP contribution in [0.4, 0.5) is 17.3 Å². The van der Waals surface area contributed by atoms with E-state index in [-0.39, 0.29) is 0 Å². The lowest BCUT2D eigenvalue weighted by molar-refractivity contribution is 0.198. The number of rotatable bonds is 7. The van der Waals surface area contributed by atoms with Crippen LogP contribution in [0.2, 0.25) is 0 Å². The van der Waals surface area contributed by atoms with Crippen LogP contribution < -0.4 is 10.6 Å². The maximum absolute atomic E-state index is 9.35. The van der Waals surface area contributed by atoms with Gasteiger partial charge in [0.15, 0.2) is 5.82 Å². The van der Waals surface area contributed by atoms with Crippen LogP contribution in [0.15, 0.2) is 36.4 Å². The fourth-order valence-electron chi connectivity index (χ4n) is 2.09. The molecular formula is C17H20N4O. The molecule has 0 amide bonds. The summed E-state index contributed by atoms with van der Waals surface area (Å²) in [7, 11) is 1.69. The molecule has 0 saturated carbocycles. The average molecular weight is 296 g/mol. The highest BCUT2D eigenvalue weighted by Crippen LogP contribution is 2.23. The first-order valence-electron chi connectivity index (χ1n) is 7.21. The maximum atomic E-state index is 9.35. The van der Waals surface area contributed by atoms with Gasteiger partial charge in [-0.1, -0.05) is 18.2 Å². The Hall–Kier alpha value is -2.58.